The lowest BCUT2D eigenvalue weighted by atomic mass is 9.77. The molecule has 0 atom stereocenters. The van der Waals surface area contributed by atoms with Crippen LogP contribution >= 0.6 is 0 Å². The maximum Gasteiger partial charge on any atom is 0.320 e. The molecule has 1 heterocycles. The van der Waals surface area contributed by atoms with Gasteiger partial charge in [-0.1, -0.05) is 221 Å². The fourth-order valence-corrected chi connectivity index (χ4v) is 10.9. The van der Waals surface area contributed by atoms with Crippen LogP contribution in [0.15, 0.2) is 0 Å². The maximum atomic E-state index is 14.2. The fourth-order valence-electron chi connectivity index (χ4n) is 10.9. The second kappa shape index (κ2) is 43.9. The molecule has 1 saturated carbocycles. The van der Waals surface area contributed by atoms with Gasteiger partial charge in [0.2, 0.25) is 0 Å². The molecule has 1 aliphatic carbocycles. The lowest BCUT2D eigenvalue weighted by molar-refractivity contribution is -0.147. The van der Waals surface area contributed by atoms with E-state index in [9.17, 15) is 14.4 Å². The summed E-state index contributed by atoms with van der Waals surface area (Å²) < 4.78 is 12.0. The van der Waals surface area contributed by atoms with Crippen molar-refractivity contribution in [3.05, 3.63) is 0 Å². The monoisotopic (exact) mass is 958 g/mol. The van der Waals surface area contributed by atoms with Crippen LogP contribution < -0.4 is 0 Å². The Bertz CT molecular complexity index is 1140. The minimum atomic E-state index is -0.0370. The highest BCUT2D eigenvalue weighted by molar-refractivity contribution is 5.75. The van der Waals surface area contributed by atoms with Crippen molar-refractivity contribution < 1.29 is 23.9 Å². The molecule has 0 aromatic heterocycles. The number of unbranched alkanes of at least 4 members (excludes halogenated alkanes) is 26. The third-order valence-electron chi connectivity index (χ3n) is 15.8. The Hall–Kier alpha value is -1.83. The Labute approximate surface area is 422 Å². The van der Waals surface area contributed by atoms with Gasteiger partial charge < -0.3 is 24.2 Å². The predicted molar refractivity (Wildman–Crippen MR) is 289 cm³/mol. The van der Waals surface area contributed by atoms with Crippen LogP contribution in [0.2, 0.25) is 0 Å². The number of carbonyl (C=O) groups is 3. The summed E-state index contributed by atoms with van der Waals surface area (Å²) in [5.74, 6) is 1.23. The number of ether oxygens (including phenoxy) is 2. The first-order chi connectivity index (χ1) is 33.3. The van der Waals surface area contributed by atoms with Gasteiger partial charge in [-0.25, -0.2) is 4.79 Å². The van der Waals surface area contributed by atoms with Crippen LogP contribution in [0, 0.1) is 17.8 Å². The molecule has 0 spiro atoms. The molecule has 0 aromatic rings. The zero-order chi connectivity index (χ0) is 49.1. The molecule has 0 radical (unpaired) electrons. The Morgan fingerprint density at radius 1 is 0.471 bits per heavy atom. The standard InChI is InChI=1S/C60H115N3O5/c1-6-11-15-19-23-28-34-39-54(40-35-29-24-20-16-12-7-2)52-67-58(64)43-36-30-25-31-37-46-63(60(66)62-45-38-44-61(10-5)47-48-62)57-49-56(50-57)51-59(65)68-53-55(41-32-26-21-17-13-8-3)42-33-27-22-18-14-9-4/h54-57H,6-53H2,1-5H3. The van der Waals surface area contributed by atoms with Gasteiger partial charge in [-0.15, -0.1) is 0 Å². The van der Waals surface area contributed by atoms with Crippen molar-refractivity contribution in [2.24, 2.45) is 17.8 Å². The van der Waals surface area contributed by atoms with Gasteiger partial charge >= 0.3 is 18.0 Å². The van der Waals surface area contributed by atoms with Crippen molar-refractivity contribution in [3.8, 4) is 0 Å². The van der Waals surface area contributed by atoms with E-state index in [0.29, 0.717) is 43.8 Å². The summed E-state index contributed by atoms with van der Waals surface area (Å²) in [6, 6.07) is 0.399. The molecule has 2 aliphatic rings. The summed E-state index contributed by atoms with van der Waals surface area (Å²) in [7, 11) is 0. The number of hydrogen-bond donors (Lipinski definition) is 0. The van der Waals surface area contributed by atoms with Crippen LogP contribution in [0.3, 0.4) is 0 Å². The summed E-state index contributed by atoms with van der Waals surface area (Å²) in [5.41, 5.74) is 0. The second-order valence-corrected chi connectivity index (χ2v) is 22.0. The second-order valence-electron chi connectivity index (χ2n) is 22.0. The minimum Gasteiger partial charge on any atom is -0.465 e. The first-order valence-corrected chi connectivity index (χ1v) is 30.4. The predicted octanol–water partition coefficient (Wildman–Crippen LogP) is 17.0. The average molecular weight is 959 g/mol. The maximum absolute atomic E-state index is 14.2. The van der Waals surface area contributed by atoms with E-state index >= 15 is 0 Å². The third-order valence-corrected chi connectivity index (χ3v) is 15.8. The zero-order valence-electron chi connectivity index (χ0n) is 46.1. The van der Waals surface area contributed by atoms with Gasteiger partial charge in [-0.2, -0.15) is 0 Å². The van der Waals surface area contributed by atoms with Crippen LogP contribution in [-0.4, -0.2) is 91.2 Å². The number of carbonyl (C=O) groups excluding carboxylic acids is 3. The lowest BCUT2D eigenvalue weighted by Gasteiger charge is -2.44. The zero-order valence-corrected chi connectivity index (χ0v) is 46.1. The van der Waals surface area contributed by atoms with E-state index < -0.39 is 0 Å². The smallest absolute Gasteiger partial charge is 0.320 e. The van der Waals surface area contributed by atoms with Gasteiger partial charge in [0.1, 0.15) is 0 Å². The van der Waals surface area contributed by atoms with Crippen molar-refractivity contribution in [3.63, 3.8) is 0 Å². The average Bonchev–Trinajstić information content (AvgIpc) is 3.59. The molecule has 2 amide bonds. The number of likely N-dealkylation sites (N-methyl/N-ethyl adjacent to an activating group) is 1. The molecule has 2 fully saturated rings. The molecule has 1 saturated heterocycles. The molecule has 1 aliphatic heterocycles. The third kappa shape index (κ3) is 32.2. The van der Waals surface area contributed by atoms with Gasteiger partial charge in [-0.05, 0) is 88.6 Å². The molecule has 0 aromatic carbocycles. The molecule has 2 rings (SSSR count). The van der Waals surface area contributed by atoms with Gasteiger partial charge in [0.05, 0.1) is 13.2 Å². The minimum absolute atomic E-state index is 0.0189. The van der Waals surface area contributed by atoms with Crippen molar-refractivity contribution in [2.75, 3.05) is 52.5 Å². The Morgan fingerprint density at radius 2 is 0.882 bits per heavy atom. The Balaban J connectivity index is 1.80. The van der Waals surface area contributed by atoms with E-state index in [-0.39, 0.29) is 24.0 Å². The highest BCUT2D eigenvalue weighted by Crippen LogP contribution is 2.36. The van der Waals surface area contributed by atoms with E-state index in [1.54, 1.807) is 0 Å². The summed E-state index contributed by atoms with van der Waals surface area (Å²) >= 11 is 0. The first kappa shape index (κ1) is 62.3. The number of urea groups is 1. The van der Waals surface area contributed by atoms with Gasteiger partial charge in [0.25, 0.3) is 0 Å². The first-order valence-electron chi connectivity index (χ1n) is 30.4. The van der Waals surface area contributed by atoms with Crippen LogP contribution in [0.5, 0.6) is 0 Å². The molecule has 8 nitrogen and oxygen atoms in total. The molecule has 8 heteroatoms. The van der Waals surface area contributed by atoms with Crippen molar-refractivity contribution in [2.45, 2.75) is 297 Å². The molecule has 400 valence electrons. The Kier molecular flexibility index (Phi) is 40.2. The molecule has 0 unspecified atom stereocenters. The molecular weight excluding hydrogens is 843 g/mol. The summed E-state index contributed by atoms with van der Waals surface area (Å²) in [6.07, 6.45) is 47.8. The molecule has 0 bridgehead atoms. The van der Waals surface area contributed by atoms with E-state index in [1.165, 1.54) is 193 Å². The lowest BCUT2D eigenvalue weighted by Crippen LogP contribution is -2.54. The molecular formula is C60H115N3O5. The van der Waals surface area contributed by atoms with Crippen LogP contribution in [0.25, 0.3) is 0 Å². The normalized spacial score (nSPS) is 16.6. The van der Waals surface area contributed by atoms with Crippen LogP contribution in [-0.2, 0) is 19.1 Å². The van der Waals surface area contributed by atoms with Crippen molar-refractivity contribution in [1.82, 2.24) is 14.7 Å². The van der Waals surface area contributed by atoms with E-state index in [1.807, 2.05) is 0 Å². The number of hydrogen-bond acceptors (Lipinski definition) is 6. The summed E-state index contributed by atoms with van der Waals surface area (Å²) in [5, 5.41) is 0. The largest absolute Gasteiger partial charge is 0.465 e. The van der Waals surface area contributed by atoms with Crippen LogP contribution in [0.1, 0.15) is 291 Å². The van der Waals surface area contributed by atoms with Gasteiger partial charge in [-0.3, -0.25) is 9.59 Å². The topological polar surface area (TPSA) is 79.4 Å². The number of amides is 2. The number of nitrogens with zero attached hydrogens (tertiary/aromatic N) is 3. The SMILES string of the molecule is CCCCCCCCCC(CCCCCCCCC)COC(=O)CCCCCCCN(C(=O)N1CCCN(CC)CC1)C1CC(CC(=O)OCC(CCCCCCCC)CCCCCCCC)C1. The Morgan fingerprint density at radius 3 is 1.34 bits per heavy atom. The highest BCUT2D eigenvalue weighted by atomic mass is 16.5. The van der Waals surface area contributed by atoms with Gasteiger partial charge in [0.15, 0.2) is 0 Å². The number of rotatable bonds is 46. The summed E-state index contributed by atoms with van der Waals surface area (Å²) in [6.45, 7) is 17.9. The van der Waals surface area contributed by atoms with Crippen molar-refractivity contribution in [1.29, 1.82) is 0 Å². The van der Waals surface area contributed by atoms with Gasteiger partial charge in [0, 0.05) is 45.1 Å². The van der Waals surface area contributed by atoms with E-state index in [4.69, 9.17) is 9.47 Å². The highest BCUT2D eigenvalue weighted by Gasteiger charge is 2.38. The van der Waals surface area contributed by atoms with E-state index in [2.05, 4.69) is 49.3 Å². The fraction of sp³-hybridized carbons (Fsp3) is 0.950. The summed E-state index contributed by atoms with van der Waals surface area (Å²) in [4.78, 5) is 47.0. The molecule has 0 N–H and O–H groups in total. The number of esters is 2. The molecule has 68 heavy (non-hydrogen) atoms. The van der Waals surface area contributed by atoms with Crippen molar-refractivity contribution >= 4 is 18.0 Å². The quantitative estimate of drug-likeness (QED) is 0.0447. The van der Waals surface area contributed by atoms with E-state index in [0.717, 1.165) is 90.6 Å². The van der Waals surface area contributed by atoms with Crippen LogP contribution in [0.4, 0.5) is 4.79 Å².